The number of aromatic nitrogens is 4. The molecule has 1 aromatic carbocycles. The highest BCUT2D eigenvalue weighted by molar-refractivity contribution is 6.39. The van der Waals surface area contributed by atoms with Gasteiger partial charge in [-0.05, 0) is 43.5 Å². The lowest BCUT2D eigenvalue weighted by molar-refractivity contribution is -0.188. The average molecular weight is 708 g/mol. The molecule has 4 rings (SSSR count). The summed E-state index contributed by atoms with van der Waals surface area (Å²) in [6.45, 7) is -1.56. The lowest BCUT2D eigenvalue weighted by Gasteiger charge is -2.33. The predicted octanol–water partition coefficient (Wildman–Crippen LogP) is 3.81. The van der Waals surface area contributed by atoms with Gasteiger partial charge in [0, 0.05) is 44.9 Å². The van der Waals surface area contributed by atoms with E-state index in [1.165, 1.54) is 0 Å². The third-order valence-corrected chi connectivity index (χ3v) is 7.31. The Morgan fingerprint density at radius 1 is 1.12 bits per heavy atom. The van der Waals surface area contributed by atoms with E-state index in [9.17, 15) is 54.3 Å². The lowest BCUT2D eigenvalue weighted by atomic mass is 9.97. The van der Waals surface area contributed by atoms with Crippen molar-refractivity contribution in [3.63, 3.8) is 0 Å². The normalized spacial score (nSPS) is 15.9. The molecule has 49 heavy (non-hydrogen) atoms. The van der Waals surface area contributed by atoms with Gasteiger partial charge in [-0.1, -0.05) is 5.21 Å². The minimum absolute atomic E-state index is 0.0129. The van der Waals surface area contributed by atoms with Gasteiger partial charge in [0.2, 0.25) is 5.82 Å². The zero-order valence-corrected chi connectivity index (χ0v) is 25.6. The van der Waals surface area contributed by atoms with E-state index in [1.54, 1.807) is 0 Å². The number of rotatable bonds is 11. The molecule has 2 atom stereocenters. The monoisotopic (exact) mass is 707 g/mol. The third kappa shape index (κ3) is 9.99. The van der Waals surface area contributed by atoms with Gasteiger partial charge in [-0.25, -0.2) is 13.5 Å². The van der Waals surface area contributed by atoms with Crippen molar-refractivity contribution in [2.24, 2.45) is 5.92 Å². The van der Waals surface area contributed by atoms with Gasteiger partial charge in [-0.2, -0.15) is 26.3 Å². The van der Waals surface area contributed by atoms with Crippen LogP contribution in [0.15, 0.2) is 41.5 Å². The molecule has 0 radical (unpaired) electrons. The van der Waals surface area contributed by atoms with E-state index >= 15 is 0 Å². The summed E-state index contributed by atoms with van der Waals surface area (Å²) in [4.78, 5) is 50.3. The SMILES string of the molecule is CC(F)(F)Oc1ccc(F)c(CNC(=O)c2cn(CC(F)CCn3ccc(NC(=O)C(=O)N4CCC[C@H](C(F)(F)F)C4)c(F)c3=O)nn2)c1. The molecular formula is C29H29F8N7O5. The van der Waals surface area contributed by atoms with E-state index in [1.807, 2.05) is 5.32 Å². The molecule has 1 unspecified atom stereocenters. The second-order valence-corrected chi connectivity index (χ2v) is 11.2. The summed E-state index contributed by atoms with van der Waals surface area (Å²) in [6.07, 6.45) is -8.21. The number of likely N-dealkylation sites (tertiary alicyclic amines) is 1. The Bertz CT molecular complexity index is 1740. The first-order valence-corrected chi connectivity index (χ1v) is 14.6. The van der Waals surface area contributed by atoms with Crippen molar-refractivity contribution in [2.45, 2.75) is 64.3 Å². The molecule has 1 saturated heterocycles. The number of benzene rings is 1. The molecule has 0 bridgehead atoms. The maximum Gasteiger partial charge on any atom is 0.394 e. The highest BCUT2D eigenvalue weighted by Gasteiger charge is 2.43. The Hall–Kier alpha value is -5.04. The van der Waals surface area contributed by atoms with E-state index in [0.717, 1.165) is 45.9 Å². The van der Waals surface area contributed by atoms with Crippen LogP contribution >= 0.6 is 0 Å². The van der Waals surface area contributed by atoms with Crippen LogP contribution in [0.25, 0.3) is 0 Å². The lowest BCUT2D eigenvalue weighted by Crippen LogP contribution is -2.48. The van der Waals surface area contributed by atoms with Gasteiger partial charge in [-0.15, -0.1) is 5.10 Å². The summed E-state index contributed by atoms with van der Waals surface area (Å²) in [5.41, 5.74) is -2.42. The van der Waals surface area contributed by atoms with E-state index in [2.05, 4.69) is 20.4 Å². The number of piperidine rings is 1. The summed E-state index contributed by atoms with van der Waals surface area (Å²) in [5.74, 6) is -8.02. The summed E-state index contributed by atoms with van der Waals surface area (Å²) in [6, 6.07) is 3.78. The van der Waals surface area contributed by atoms with Crippen LogP contribution in [0.2, 0.25) is 0 Å². The van der Waals surface area contributed by atoms with Crippen LogP contribution in [0.5, 0.6) is 5.75 Å². The highest BCUT2D eigenvalue weighted by Crippen LogP contribution is 2.33. The number of hydrogen-bond donors (Lipinski definition) is 2. The quantitative estimate of drug-likeness (QED) is 0.228. The topological polar surface area (TPSA) is 140 Å². The van der Waals surface area contributed by atoms with Crippen LogP contribution in [0, 0.1) is 17.6 Å². The number of aryl methyl sites for hydroxylation is 1. The van der Waals surface area contributed by atoms with Gasteiger partial charge >= 0.3 is 24.1 Å². The molecule has 1 aliphatic heterocycles. The van der Waals surface area contributed by atoms with Crippen LogP contribution < -0.4 is 20.9 Å². The number of halogens is 8. The van der Waals surface area contributed by atoms with Gasteiger partial charge in [0.25, 0.3) is 11.5 Å². The fraction of sp³-hybridized carbons (Fsp3) is 0.448. The van der Waals surface area contributed by atoms with Gasteiger partial charge in [-0.3, -0.25) is 19.2 Å². The van der Waals surface area contributed by atoms with Crippen LogP contribution in [0.3, 0.4) is 0 Å². The van der Waals surface area contributed by atoms with Gasteiger partial charge in [0.05, 0.1) is 24.3 Å². The van der Waals surface area contributed by atoms with Crippen molar-refractivity contribution >= 4 is 23.4 Å². The minimum Gasteiger partial charge on any atom is -0.433 e. The van der Waals surface area contributed by atoms with Crippen LogP contribution in [0.1, 0.15) is 42.2 Å². The smallest absolute Gasteiger partial charge is 0.394 e. The van der Waals surface area contributed by atoms with E-state index in [-0.39, 0.29) is 49.4 Å². The maximum absolute atomic E-state index is 14.7. The van der Waals surface area contributed by atoms with Crippen LogP contribution in [-0.4, -0.2) is 73.7 Å². The summed E-state index contributed by atoms with van der Waals surface area (Å²) in [7, 11) is 0. The first-order chi connectivity index (χ1) is 22.9. The molecule has 1 fully saturated rings. The molecular weight excluding hydrogens is 678 g/mol. The predicted molar refractivity (Wildman–Crippen MR) is 153 cm³/mol. The Balaban J connectivity index is 1.27. The van der Waals surface area contributed by atoms with Crippen LogP contribution in [-0.2, 0) is 29.2 Å². The zero-order chi connectivity index (χ0) is 36.1. The van der Waals surface area contributed by atoms with Gasteiger partial charge < -0.3 is 24.8 Å². The molecule has 20 heteroatoms. The fourth-order valence-corrected chi connectivity index (χ4v) is 4.86. The van der Waals surface area contributed by atoms with Crippen molar-refractivity contribution < 1.29 is 54.2 Å². The number of amides is 3. The largest absolute Gasteiger partial charge is 0.433 e. The Morgan fingerprint density at radius 3 is 2.55 bits per heavy atom. The molecule has 1 aliphatic rings. The molecule has 0 spiro atoms. The molecule has 3 heterocycles. The summed E-state index contributed by atoms with van der Waals surface area (Å²) < 4.78 is 115. The van der Waals surface area contributed by atoms with Gasteiger partial charge in [0.15, 0.2) is 5.69 Å². The molecule has 0 aliphatic carbocycles. The first-order valence-electron chi connectivity index (χ1n) is 14.6. The number of hydrogen-bond acceptors (Lipinski definition) is 7. The van der Waals surface area contributed by atoms with Gasteiger partial charge in [0.1, 0.15) is 17.7 Å². The number of anilines is 1. The number of carbonyl (C=O) groups excluding carboxylic acids is 3. The van der Waals surface area contributed by atoms with Crippen molar-refractivity contribution in [1.82, 2.24) is 29.8 Å². The number of carbonyl (C=O) groups is 3. The number of nitrogens with one attached hydrogen (secondary N) is 2. The van der Waals surface area contributed by atoms with Crippen molar-refractivity contribution in [3.8, 4) is 5.75 Å². The molecule has 0 saturated carbocycles. The Morgan fingerprint density at radius 2 is 1.86 bits per heavy atom. The second kappa shape index (κ2) is 15.0. The third-order valence-electron chi connectivity index (χ3n) is 7.31. The van der Waals surface area contributed by atoms with Crippen molar-refractivity contribution in [3.05, 3.63) is 69.9 Å². The zero-order valence-electron chi connectivity index (χ0n) is 25.6. The van der Waals surface area contributed by atoms with Crippen LogP contribution in [0.4, 0.5) is 40.8 Å². The highest BCUT2D eigenvalue weighted by atomic mass is 19.4. The maximum atomic E-state index is 14.7. The van der Waals surface area contributed by atoms with Crippen molar-refractivity contribution in [2.75, 3.05) is 18.4 Å². The summed E-state index contributed by atoms with van der Waals surface area (Å²) in [5, 5.41) is 11.4. The fourth-order valence-electron chi connectivity index (χ4n) is 4.86. The number of pyridine rings is 1. The molecule has 266 valence electrons. The van der Waals surface area contributed by atoms with E-state index in [0.29, 0.717) is 11.8 Å². The number of ether oxygens (including phenoxy) is 1. The minimum atomic E-state index is -4.56. The molecule has 2 N–H and O–H groups in total. The molecule has 2 aromatic heterocycles. The molecule has 3 amide bonds. The standard InChI is InChI=1S/C29H29F8N7O5/c1-28(33,34)49-19-4-5-20(31)16(11-19)12-38-24(45)22-15-44(41-40-22)14-18(30)6-9-42-10-7-21(23(32)26(42)47)39-25(46)27(48)43-8-2-3-17(13-43)29(35,36)37/h4-5,7,10-11,15,17-18H,2-3,6,8-9,12-14H2,1H3,(H,38,45)(H,39,46)/t17-,18?/m0/s1. The number of alkyl halides is 6. The molecule has 12 nitrogen and oxygen atoms in total. The average Bonchev–Trinajstić information content (AvgIpc) is 3.50. The van der Waals surface area contributed by atoms with E-state index < -0.39 is 84.6 Å². The number of nitrogens with zero attached hydrogens (tertiary/aromatic N) is 5. The molecule has 3 aromatic rings. The second-order valence-electron chi connectivity index (χ2n) is 11.2. The van der Waals surface area contributed by atoms with E-state index in [4.69, 9.17) is 0 Å². The summed E-state index contributed by atoms with van der Waals surface area (Å²) >= 11 is 0. The van der Waals surface area contributed by atoms with Crippen molar-refractivity contribution in [1.29, 1.82) is 0 Å². The first kappa shape index (κ1) is 36.8. The Kier molecular flexibility index (Phi) is 11.3. The Labute approximate surface area is 272 Å².